The Kier molecular flexibility index (Phi) is 10.8. The van der Waals surface area contributed by atoms with Crippen LogP contribution in [0.25, 0.3) is 0 Å². The van der Waals surface area contributed by atoms with Gasteiger partial charge in [-0.25, -0.2) is 4.79 Å². The summed E-state index contributed by atoms with van der Waals surface area (Å²) < 4.78 is 46.2. The van der Waals surface area contributed by atoms with Gasteiger partial charge in [-0.2, -0.15) is 13.2 Å². The lowest BCUT2D eigenvalue weighted by Crippen LogP contribution is -2.60. The van der Waals surface area contributed by atoms with Crippen LogP contribution in [0.15, 0.2) is 52.3 Å². The summed E-state index contributed by atoms with van der Waals surface area (Å²) in [5.41, 5.74) is 0.975. The second kappa shape index (κ2) is 14.1. The largest absolute Gasteiger partial charge is 0.448 e. The van der Waals surface area contributed by atoms with E-state index in [4.69, 9.17) is 4.74 Å². The first kappa shape index (κ1) is 34.5. The molecule has 1 saturated heterocycles. The van der Waals surface area contributed by atoms with Crippen LogP contribution in [0.4, 0.5) is 29.3 Å². The Hall–Kier alpha value is -1.85. The van der Waals surface area contributed by atoms with Crippen LogP contribution in [0.3, 0.4) is 0 Å². The molecule has 0 atom stereocenters. The number of benzene rings is 2. The van der Waals surface area contributed by atoms with E-state index in [-0.39, 0.29) is 36.4 Å². The van der Waals surface area contributed by atoms with E-state index >= 15 is 0 Å². The first-order chi connectivity index (χ1) is 20.7. The molecule has 8 rings (SSSR count). The standard InChI is InChI=1S/C33H41F3N4O2S.2ClH/c34-33(35,36)26-6-7-30-28(19-26)40(27-4-1-2-5-29(27)43-30)9-3-8-38-10-12-39(13-11-38)14-15-42-31(41)37-32-20-23-16-24(21-32)18-25(17-23)22-32;;/h1-2,4-7,19,23-25H,3,8-18,20-22H2,(H,37,41);2*1H. The van der Waals surface area contributed by atoms with E-state index in [2.05, 4.69) is 20.0 Å². The van der Waals surface area contributed by atoms with Gasteiger partial charge in [0.05, 0.1) is 16.9 Å². The molecule has 248 valence electrons. The number of ether oxygens (including phenoxy) is 1. The number of alkyl carbamates (subject to hydrolysis) is 1. The van der Waals surface area contributed by atoms with Crippen molar-refractivity contribution in [3.05, 3.63) is 48.0 Å². The number of alkyl halides is 3. The number of fused-ring (bicyclic) bond motifs is 2. The molecule has 2 aliphatic heterocycles. The highest BCUT2D eigenvalue weighted by Crippen LogP contribution is 2.55. The van der Waals surface area contributed by atoms with E-state index in [1.165, 1.54) is 43.2 Å². The van der Waals surface area contributed by atoms with Gasteiger partial charge in [0, 0.05) is 54.6 Å². The molecule has 4 aliphatic carbocycles. The molecule has 5 fully saturated rings. The number of hydrogen-bond donors (Lipinski definition) is 1. The molecule has 1 N–H and O–H groups in total. The molecule has 12 heteroatoms. The molecule has 45 heavy (non-hydrogen) atoms. The first-order valence-corrected chi connectivity index (χ1v) is 16.7. The van der Waals surface area contributed by atoms with Crippen LogP contribution < -0.4 is 10.2 Å². The lowest BCUT2D eigenvalue weighted by Gasteiger charge is -2.56. The topological polar surface area (TPSA) is 48.1 Å². The molecular weight excluding hydrogens is 644 g/mol. The molecule has 2 heterocycles. The van der Waals surface area contributed by atoms with Crippen molar-refractivity contribution in [2.45, 2.75) is 66.5 Å². The monoisotopic (exact) mass is 686 g/mol. The van der Waals surface area contributed by atoms with E-state index in [1.807, 2.05) is 24.3 Å². The summed E-state index contributed by atoms with van der Waals surface area (Å²) >= 11 is 1.53. The van der Waals surface area contributed by atoms with Crippen molar-refractivity contribution in [2.75, 3.05) is 57.3 Å². The van der Waals surface area contributed by atoms with Crippen LogP contribution in [0.5, 0.6) is 0 Å². The number of piperazine rings is 1. The normalized spacial score (nSPS) is 27.2. The van der Waals surface area contributed by atoms with Crippen LogP contribution in [0, 0.1) is 17.8 Å². The number of para-hydroxylation sites is 1. The predicted molar refractivity (Wildman–Crippen MR) is 176 cm³/mol. The first-order valence-electron chi connectivity index (χ1n) is 15.9. The van der Waals surface area contributed by atoms with Crippen molar-refractivity contribution < 1.29 is 22.7 Å². The fourth-order valence-corrected chi connectivity index (χ4v) is 9.80. The summed E-state index contributed by atoms with van der Waals surface area (Å²) in [6, 6.07) is 12.0. The Morgan fingerprint density at radius 1 is 0.844 bits per heavy atom. The van der Waals surface area contributed by atoms with Crippen molar-refractivity contribution in [1.82, 2.24) is 15.1 Å². The van der Waals surface area contributed by atoms with Crippen LogP contribution in [0.1, 0.15) is 50.5 Å². The fourth-order valence-electron chi connectivity index (χ4n) is 8.72. The fraction of sp³-hybridized carbons (Fsp3) is 0.606. The van der Waals surface area contributed by atoms with Crippen molar-refractivity contribution >= 4 is 54.0 Å². The molecule has 0 spiro atoms. The lowest BCUT2D eigenvalue weighted by atomic mass is 9.53. The Morgan fingerprint density at radius 3 is 2.09 bits per heavy atom. The summed E-state index contributed by atoms with van der Waals surface area (Å²) in [5.74, 6) is 2.36. The molecule has 4 saturated carbocycles. The number of amides is 1. The number of halogens is 5. The van der Waals surface area contributed by atoms with E-state index in [0.29, 0.717) is 18.8 Å². The van der Waals surface area contributed by atoms with Gasteiger partial charge in [-0.15, -0.1) is 24.8 Å². The minimum absolute atomic E-state index is 0. The van der Waals surface area contributed by atoms with Gasteiger partial charge >= 0.3 is 12.3 Å². The minimum atomic E-state index is -4.37. The number of carbonyl (C=O) groups is 1. The zero-order chi connectivity index (χ0) is 29.6. The Bertz CT molecular complexity index is 1310. The molecule has 0 radical (unpaired) electrons. The van der Waals surface area contributed by atoms with Crippen molar-refractivity contribution in [3.63, 3.8) is 0 Å². The minimum Gasteiger partial charge on any atom is -0.448 e. The third-order valence-electron chi connectivity index (χ3n) is 10.3. The van der Waals surface area contributed by atoms with E-state index in [1.54, 1.807) is 6.07 Å². The van der Waals surface area contributed by atoms with Gasteiger partial charge in [-0.1, -0.05) is 23.9 Å². The number of carbonyl (C=O) groups excluding carboxylic acids is 1. The zero-order valence-electron chi connectivity index (χ0n) is 25.4. The summed E-state index contributed by atoms with van der Waals surface area (Å²) in [4.78, 5) is 21.4. The Balaban J connectivity index is 0.00000200. The summed E-state index contributed by atoms with van der Waals surface area (Å²) in [6.45, 7) is 6.38. The maximum Gasteiger partial charge on any atom is 0.416 e. The average molecular weight is 688 g/mol. The van der Waals surface area contributed by atoms with Crippen LogP contribution in [0.2, 0.25) is 0 Å². The third kappa shape index (κ3) is 7.67. The smallest absolute Gasteiger partial charge is 0.416 e. The van der Waals surface area contributed by atoms with Gasteiger partial charge in [0.15, 0.2) is 0 Å². The SMILES string of the molecule is Cl.Cl.O=C(NC12CC3CC(CC(C3)C1)C2)OCCN1CCN(CCCN2c3ccccc3Sc3ccc(C(F)(F)F)cc32)CC1. The van der Waals surface area contributed by atoms with Gasteiger partial charge in [0.1, 0.15) is 6.61 Å². The van der Waals surface area contributed by atoms with Crippen molar-refractivity contribution in [3.8, 4) is 0 Å². The second-order valence-corrected chi connectivity index (χ2v) is 14.5. The number of hydrogen-bond acceptors (Lipinski definition) is 6. The van der Waals surface area contributed by atoms with Crippen LogP contribution in [-0.4, -0.2) is 73.9 Å². The molecular formula is C33H43Cl2F3N4O2S. The molecule has 2 aromatic carbocycles. The van der Waals surface area contributed by atoms with E-state index < -0.39 is 11.7 Å². The molecule has 4 bridgehead atoms. The van der Waals surface area contributed by atoms with Crippen LogP contribution in [-0.2, 0) is 10.9 Å². The Labute approximate surface area is 280 Å². The Morgan fingerprint density at radius 2 is 1.44 bits per heavy atom. The maximum absolute atomic E-state index is 13.5. The number of nitrogens with one attached hydrogen (secondary N) is 1. The van der Waals surface area contributed by atoms with Gasteiger partial charge in [-0.3, -0.25) is 4.90 Å². The molecule has 6 aliphatic rings. The van der Waals surface area contributed by atoms with Gasteiger partial charge in [-0.05, 0) is 99.6 Å². The zero-order valence-corrected chi connectivity index (χ0v) is 27.8. The molecule has 6 nitrogen and oxygen atoms in total. The van der Waals surface area contributed by atoms with Crippen LogP contribution >= 0.6 is 36.6 Å². The lowest BCUT2D eigenvalue weighted by molar-refractivity contribution is -0.137. The molecule has 0 unspecified atom stereocenters. The number of anilines is 2. The summed E-state index contributed by atoms with van der Waals surface area (Å²) in [6.07, 6.45) is 3.66. The third-order valence-corrected chi connectivity index (χ3v) is 11.5. The van der Waals surface area contributed by atoms with E-state index in [0.717, 1.165) is 98.2 Å². The van der Waals surface area contributed by atoms with Crippen molar-refractivity contribution in [1.29, 1.82) is 0 Å². The van der Waals surface area contributed by atoms with Gasteiger partial charge < -0.3 is 19.9 Å². The molecule has 1 amide bonds. The maximum atomic E-state index is 13.5. The number of rotatable bonds is 8. The summed E-state index contributed by atoms with van der Waals surface area (Å²) in [5, 5.41) is 3.29. The summed E-state index contributed by atoms with van der Waals surface area (Å²) in [7, 11) is 0. The van der Waals surface area contributed by atoms with Crippen molar-refractivity contribution in [2.24, 2.45) is 17.8 Å². The average Bonchev–Trinajstić information content (AvgIpc) is 2.96. The highest BCUT2D eigenvalue weighted by atomic mass is 35.5. The predicted octanol–water partition coefficient (Wildman–Crippen LogP) is 7.85. The van der Waals surface area contributed by atoms with Gasteiger partial charge in [0.2, 0.25) is 0 Å². The van der Waals surface area contributed by atoms with Gasteiger partial charge in [0.25, 0.3) is 0 Å². The van der Waals surface area contributed by atoms with E-state index in [9.17, 15) is 18.0 Å². The molecule has 0 aromatic heterocycles. The highest BCUT2D eigenvalue weighted by Gasteiger charge is 2.51. The molecule has 2 aromatic rings. The quantitative estimate of drug-likeness (QED) is 0.305. The number of nitrogens with zero attached hydrogens (tertiary/aromatic N) is 3. The second-order valence-electron chi connectivity index (χ2n) is 13.4. The highest BCUT2D eigenvalue weighted by molar-refractivity contribution is 7.99.